The molecule has 3 N–H and O–H groups in total. The molecule has 1 aromatic heterocycles. The van der Waals surface area contributed by atoms with Gasteiger partial charge in [0.2, 0.25) is 0 Å². The molecule has 0 saturated heterocycles. The number of hydrogen-bond acceptors (Lipinski definition) is 7. The van der Waals surface area contributed by atoms with Gasteiger partial charge in [-0.2, -0.15) is 0 Å². The zero-order chi connectivity index (χ0) is 27.4. The highest BCUT2D eigenvalue weighted by atomic mass is 32.2. The summed E-state index contributed by atoms with van der Waals surface area (Å²) in [5.41, 5.74) is -0.316. The minimum absolute atomic E-state index is 0.0106. The molecule has 2 aromatic rings. The van der Waals surface area contributed by atoms with E-state index in [1.807, 2.05) is 48.1 Å². The van der Waals surface area contributed by atoms with Crippen molar-refractivity contribution in [2.45, 2.75) is 75.2 Å². The van der Waals surface area contributed by atoms with Crippen LogP contribution in [0.5, 0.6) is 5.75 Å². The molecule has 0 bridgehead atoms. The number of Topliss-reactive ketones (excluding diaryl/α,β-unsaturated/α-hetero) is 1. The number of aliphatic hydroxyl groups excluding tert-OH is 2. The van der Waals surface area contributed by atoms with Crippen LogP contribution in [0.1, 0.15) is 58.3 Å². The number of imidazole rings is 1. The number of unbranched alkanes of at least 4 members (excludes halogenated alkanes) is 2. The first-order valence-corrected chi connectivity index (χ1v) is 14.2. The Morgan fingerprint density at radius 1 is 1.18 bits per heavy atom. The molecular formula is C30H40N2O5S. The first-order chi connectivity index (χ1) is 18.4. The number of carbonyl (C=O) groups is 1. The van der Waals surface area contributed by atoms with Gasteiger partial charge in [0.25, 0.3) is 0 Å². The van der Waals surface area contributed by atoms with E-state index in [9.17, 15) is 15.0 Å². The molecule has 1 aliphatic carbocycles. The van der Waals surface area contributed by atoms with Crippen LogP contribution in [0.2, 0.25) is 0 Å². The summed E-state index contributed by atoms with van der Waals surface area (Å²) in [6.07, 6.45) is 12.8. The van der Waals surface area contributed by atoms with E-state index in [1.165, 1.54) is 11.8 Å². The Hall–Kier alpha value is -2.65. The van der Waals surface area contributed by atoms with Crippen LogP contribution in [0.15, 0.2) is 82.2 Å². The molecule has 1 aliphatic rings. The fraction of sp³-hybridized carbons (Fsp3) is 0.467. The van der Waals surface area contributed by atoms with Gasteiger partial charge in [0, 0.05) is 31.6 Å². The number of aliphatic hydroxyl groups is 3. The highest BCUT2D eigenvalue weighted by molar-refractivity contribution is 8.04. The van der Waals surface area contributed by atoms with Crippen molar-refractivity contribution in [1.82, 2.24) is 9.55 Å². The van der Waals surface area contributed by atoms with Gasteiger partial charge in [-0.15, -0.1) is 0 Å². The number of thioether (sulfide) groups is 1. The summed E-state index contributed by atoms with van der Waals surface area (Å²) in [4.78, 5) is 18.7. The lowest BCUT2D eigenvalue weighted by Gasteiger charge is -2.28. The zero-order valence-corrected chi connectivity index (χ0v) is 23.2. The maximum atomic E-state index is 13.8. The molecule has 1 aromatic carbocycles. The number of benzene rings is 1. The number of aryl methyl sites for hydroxylation is 1. The van der Waals surface area contributed by atoms with Gasteiger partial charge >= 0.3 is 0 Å². The van der Waals surface area contributed by atoms with Gasteiger partial charge in [0.15, 0.2) is 10.9 Å². The second kappa shape index (κ2) is 15.1. The van der Waals surface area contributed by atoms with Gasteiger partial charge in [-0.25, -0.2) is 4.98 Å². The van der Waals surface area contributed by atoms with Crippen LogP contribution in [-0.2, 0) is 11.8 Å². The average Bonchev–Trinajstić information content (AvgIpc) is 3.40. The second-order valence-electron chi connectivity index (χ2n) is 9.54. The number of hydrogen-bond donors (Lipinski definition) is 3. The topological polar surface area (TPSA) is 105 Å². The van der Waals surface area contributed by atoms with E-state index in [1.54, 1.807) is 24.4 Å². The molecule has 0 radical (unpaired) electrons. The maximum Gasteiger partial charge on any atom is 0.199 e. The standard InChI is InChI=1S/C30H40N2O5S/c1-3-4-16-26-28(38-29-31-19-20-32(29)2)27(35)25(17-10-12-23(34)13-11-21-33)30(26,36)18-8-9-22-37-24-14-6-5-7-15-24/h5-7,10,12,14-15,17,19-20,23,33-34,36H,3-4,8-9,11,13,16,18,21-22H2,1-2H3/b12-10+,25-17+. The SMILES string of the molecule is CCCCC1=C(Sc2nccn2C)C(=O)/C(=C\C=C\C(O)CCCO)C1(O)CCCCOc1ccccc1. The Kier molecular flexibility index (Phi) is 11.9. The molecule has 0 saturated carbocycles. The predicted octanol–water partition coefficient (Wildman–Crippen LogP) is 5.14. The number of aromatic nitrogens is 2. The largest absolute Gasteiger partial charge is 0.494 e. The number of ketones is 1. The average molecular weight is 541 g/mol. The van der Waals surface area contributed by atoms with Crippen molar-refractivity contribution in [1.29, 1.82) is 0 Å². The van der Waals surface area contributed by atoms with Crippen molar-refractivity contribution in [2.24, 2.45) is 7.05 Å². The molecule has 3 rings (SSSR count). The van der Waals surface area contributed by atoms with Gasteiger partial charge in [0.05, 0.1) is 17.6 Å². The van der Waals surface area contributed by atoms with Crippen molar-refractivity contribution in [2.75, 3.05) is 13.2 Å². The minimum Gasteiger partial charge on any atom is -0.494 e. The Morgan fingerprint density at radius 3 is 2.66 bits per heavy atom. The van der Waals surface area contributed by atoms with E-state index >= 15 is 0 Å². The summed E-state index contributed by atoms with van der Waals surface area (Å²) in [5, 5.41) is 32.0. The Labute approximate surface area is 229 Å². The number of para-hydroxylation sites is 1. The summed E-state index contributed by atoms with van der Waals surface area (Å²) in [6.45, 7) is 2.62. The number of rotatable bonds is 16. The van der Waals surface area contributed by atoms with E-state index in [4.69, 9.17) is 9.84 Å². The molecule has 2 unspecified atom stereocenters. The molecule has 7 nitrogen and oxygen atoms in total. The van der Waals surface area contributed by atoms with Crippen LogP contribution in [0, 0.1) is 0 Å². The lowest BCUT2D eigenvalue weighted by Crippen LogP contribution is -2.32. The third kappa shape index (κ3) is 7.93. The fourth-order valence-corrected chi connectivity index (χ4v) is 5.58. The smallest absolute Gasteiger partial charge is 0.199 e. The summed E-state index contributed by atoms with van der Waals surface area (Å²) in [5.74, 6) is 0.617. The van der Waals surface area contributed by atoms with Crippen LogP contribution in [0.25, 0.3) is 0 Å². The van der Waals surface area contributed by atoms with Crippen molar-refractivity contribution >= 4 is 17.5 Å². The molecule has 38 heavy (non-hydrogen) atoms. The van der Waals surface area contributed by atoms with Crippen molar-refractivity contribution in [3.8, 4) is 5.75 Å². The maximum absolute atomic E-state index is 13.8. The van der Waals surface area contributed by atoms with E-state index in [0.717, 1.165) is 30.6 Å². The molecular weight excluding hydrogens is 500 g/mol. The molecule has 8 heteroatoms. The van der Waals surface area contributed by atoms with E-state index in [2.05, 4.69) is 11.9 Å². The van der Waals surface area contributed by atoms with E-state index in [-0.39, 0.29) is 12.4 Å². The van der Waals surface area contributed by atoms with E-state index in [0.29, 0.717) is 54.3 Å². The van der Waals surface area contributed by atoms with Gasteiger partial charge in [0.1, 0.15) is 11.4 Å². The molecule has 0 fully saturated rings. The molecule has 0 aliphatic heterocycles. The summed E-state index contributed by atoms with van der Waals surface area (Å²) in [7, 11) is 1.88. The summed E-state index contributed by atoms with van der Waals surface area (Å²) >= 11 is 1.30. The molecule has 206 valence electrons. The second-order valence-corrected chi connectivity index (χ2v) is 10.5. The van der Waals surface area contributed by atoms with Gasteiger partial charge in [-0.1, -0.05) is 49.8 Å². The van der Waals surface area contributed by atoms with Crippen LogP contribution in [0.4, 0.5) is 0 Å². The van der Waals surface area contributed by atoms with Crippen molar-refractivity contribution in [3.63, 3.8) is 0 Å². The Bertz CT molecular complexity index is 1120. The highest BCUT2D eigenvalue weighted by Gasteiger charge is 2.48. The van der Waals surface area contributed by atoms with Gasteiger partial charge in [-0.05, 0) is 74.4 Å². The van der Waals surface area contributed by atoms with Crippen molar-refractivity contribution in [3.05, 3.63) is 77.0 Å². The van der Waals surface area contributed by atoms with Crippen molar-refractivity contribution < 1.29 is 24.9 Å². The first kappa shape index (κ1) is 29.9. The number of ether oxygens (including phenoxy) is 1. The van der Waals surface area contributed by atoms with Gasteiger partial charge < -0.3 is 24.6 Å². The number of carbonyl (C=O) groups excluding carboxylic acids is 1. The molecule has 1 heterocycles. The molecule has 2 atom stereocenters. The zero-order valence-electron chi connectivity index (χ0n) is 22.4. The lowest BCUT2D eigenvalue weighted by atomic mass is 9.83. The molecule has 0 amide bonds. The quantitative estimate of drug-likeness (QED) is 0.200. The van der Waals surface area contributed by atoms with Gasteiger partial charge in [-0.3, -0.25) is 4.79 Å². The number of allylic oxidation sites excluding steroid dienone is 3. The molecule has 0 spiro atoms. The highest BCUT2D eigenvalue weighted by Crippen LogP contribution is 2.48. The van der Waals surface area contributed by atoms with Crippen LogP contribution >= 0.6 is 11.8 Å². The van der Waals surface area contributed by atoms with Crippen LogP contribution in [0.3, 0.4) is 0 Å². The Balaban J connectivity index is 1.85. The summed E-state index contributed by atoms with van der Waals surface area (Å²) in [6, 6.07) is 9.63. The summed E-state index contributed by atoms with van der Waals surface area (Å²) < 4.78 is 7.69. The first-order valence-electron chi connectivity index (χ1n) is 13.4. The van der Waals surface area contributed by atoms with E-state index < -0.39 is 11.7 Å². The van der Waals surface area contributed by atoms with Crippen LogP contribution < -0.4 is 4.74 Å². The van der Waals surface area contributed by atoms with Crippen LogP contribution in [-0.4, -0.2) is 55.6 Å². The monoisotopic (exact) mass is 540 g/mol. The third-order valence-corrected chi connectivity index (χ3v) is 7.83. The number of nitrogens with zero attached hydrogens (tertiary/aromatic N) is 2. The normalized spacial score (nSPS) is 19.7. The third-order valence-electron chi connectivity index (χ3n) is 6.62. The lowest BCUT2D eigenvalue weighted by molar-refractivity contribution is -0.112. The fourth-order valence-electron chi connectivity index (χ4n) is 4.49. The predicted molar refractivity (Wildman–Crippen MR) is 151 cm³/mol. The minimum atomic E-state index is -1.40. The Morgan fingerprint density at radius 2 is 1.97 bits per heavy atom.